The number of morpholine rings is 1. The Balaban J connectivity index is 1.59. The van der Waals surface area contributed by atoms with Crippen LogP contribution < -0.4 is 15.5 Å². The number of rotatable bonds is 5. The molecule has 0 spiro atoms. The van der Waals surface area contributed by atoms with Gasteiger partial charge in [0.15, 0.2) is 0 Å². The molecule has 2 N–H and O–H groups in total. The summed E-state index contributed by atoms with van der Waals surface area (Å²) in [6.07, 6.45) is 0.595. The molecule has 30 heavy (non-hydrogen) atoms. The lowest BCUT2D eigenvalue weighted by Gasteiger charge is -2.32. The molecule has 8 heteroatoms. The lowest BCUT2D eigenvalue weighted by Crippen LogP contribution is -2.42. The van der Waals surface area contributed by atoms with Gasteiger partial charge in [-0.1, -0.05) is 23.9 Å². The number of amides is 2. The number of fused-ring (bicyclic) bond motifs is 2. The zero-order valence-electron chi connectivity index (χ0n) is 16.8. The molecule has 4 rings (SSSR count). The Morgan fingerprint density at radius 3 is 2.87 bits per heavy atom. The van der Waals surface area contributed by atoms with Crippen molar-refractivity contribution < 1.29 is 19.1 Å². The monoisotopic (exact) mass is 427 g/mol. The smallest absolute Gasteiger partial charge is 0.411 e. The number of nitrogens with one attached hydrogen (secondary N) is 2. The summed E-state index contributed by atoms with van der Waals surface area (Å²) in [6.45, 7) is 4.21. The van der Waals surface area contributed by atoms with Crippen molar-refractivity contribution in [2.75, 3.05) is 36.6 Å². The predicted molar refractivity (Wildman–Crippen MR) is 117 cm³/mol. The largest absolute Gasteiger partial charge is 0.450 e. The number of anilines is 3. The number of benzene rings is 2. The summed E-state index contributed by atoms with van der Waals surface area (Å²) >= 11 is 1.62. The first-order valence-corrected chi connectivity index (χ1v) is 11.0. The van der Waals surface area contributed by atoms with Gasteiger partial charge in [-0.15, -0.1) is 0 Å². The van der Waals surface area contributed by atoms with Gasteiger partial charge in [0.05, 0.1) is 31.2 Å². The normalized spacial score (nSPS) is 17.6. The third-order valence-electron chi connectivity index (χ3n) is 5.00. The van der Waals surface area contributed by atoms with Crippen LogP contribution in [0.25, 0.3) is 0 Å². The third kappa shape index (κ3) is 4.61. The van der Waals surface area contributed by atoms with E-state index in [4.69, 9.17) is 9.47 Å². The Morgan fingerprint density at radius 1 is 1.23 bits per heavy atom. The van der Waals surface area contributed by atoms with Gasteiger partial charge in [0, 0.05) is 34.5 Å². The van der Waals surface area contributed by atoms with Gasteiger partial charge in [0.2, 0.25) is 5.91 Å². The molecule has 2 aromatic carbocycles. The van der Waals surface area contributed by atoms with Gasteiger partial charge in [-0.2, -0.15) is 0 Å². The molecule has 0 aromatic heterocycles. The number of nitrogens with zero attached hydrogens (tertiary/aromatic N) is 1. The van der Waals surface area contributed by atoms with Crippen LogP contribution in [0.15, 0.2) is 52.3 Å². The highest BCUT2D eigenvalue weighted by Gasteiger charge is 2.29. The fourth-order valence-electron chi connectivity index (χ4n) is 3.60. The maximum absolute atomic E-state index is 13.3. The maximum atomic E-state index is 13.3. The van der Waals surface area contributed by atoms with Crippen LogP contribution in [-0.4, -0.2) is 44.4 Å². The molecule has 1 fully saturated rings. The lowest BCUT2D eigenvalue weighted by molar-refractivity contribution is -0.118. The molecule has 2 amide bonds. The van der Waals surface area contributed by atoms with Crippen LogP contribution in [-0.2, 0) is 14.3 Å². The molecule has 2 heterocycles. The fourth-order valence-corrected chi connectivity index (χ4v) is 4.64. The van der Waals surface area contributed by atoms with E-state index in [1.54, 1.807) is 23.6 Å². The quantitative estimate of drug-likeness (QED) is 0.746. The molecule has 0 radical (unpaired) electrons. The molecule has 0 saturated carbocycles. The van der Waals surface area contributed by atoms with Gasteiger partial charge < -0.3 is 14.8 Å². The second-order valence-electron chi connectivity index (χ2n) is 7.09. The highest BCUT2D eigenvalue weighted by Crippen LogP contribution is 2.49. The van der Waals surface area contributed by atoms with Crippen LogP contribution in [0.5, 0.6) is 0 Å². The topological polar surface area (TPSA) is 79.9 Å². The van der Waals surface area contributed by atoms with Crippen molar-refractivity contribution in [3.63, 3.8) is 0 Å². The molecule has 158 valence electrons. The summed E-state index contributed by atoms with van der Waals surface area (Å²) in [5.41, 5.74) is 2.22. The van der Waals surface area contributed by atoms with Crippen molar-refractivity contribution in [1.82, 2.24) is 5.32 Å². The van der Waals surface area contributed by atoms with E-state index in [1.165, 1.54) is 0 Å². The van der Waals surface area contributed by atoms with E-state index in [1.807, 2.05) is 42.5 Å². The first-order valence-electron chi connectivity index (χ1n) is 10.1. The number of hydrogen-bond acceptors (Lipinski definition) is 6. The summed E-state index contributed by atoms with van der Waals surface area (Å²) in [7, 11) is 0. The molecule has 0 aliphatic carbocycles. The summed E-state index contributed by atoms with van der Waals surface area (Å²) < 4.78 is 10.5. The van der Waals surface area contributed by atoms with E-state index in [2.05, 4.69) is 10.6 Å². The summed E-state index contributed by atoms with van der Waals surface area (Å²) in [5.74, 6) is 0.0182. The minimum Gasteiger partial charge on any atom is -0.450 e. The predicted octanol–water partition coefficient (Wildman–Crippen LogP) is 4.15. The van der Waals surface area contributed by atoms with Crippen molar-refractivity contribution in [2.45, 2.75) is 35.6 Å². The van der Waals surface area contributed by atoms with E-state index in [9.17, 15) is 9.59 Å². The van der Waals surface area contributed by atoms with E-state index in [0.29, 0.717) is 38.3 Å². The first kappa shape index (κ1) is 20.7. The molecule has 1 saturated heterocycles. The molecule has 2 aliphatic rings. The molecule has 0 bridgehead atoms. The van der Waals surface area contributed by atoms with Gasteiger partial charge in [-0.3, -0.25) is 15.0 Å². The molecule has 1 atom stereocenters. The zero-order valence-corrected chi connectivity index (χ0v) is 17.7. The van der Waals surface area contributed by atoms with Crippen molar-refractivity contribution in [2.24, 2.45) is 0 Å². The SMILES string of the molecule is CCOC(=O)Nc1ccc2c(c1)N(C(=O)CCC1COCCN1)c1ccccc1S2. The van der Waals surface area contributed by atoms with E-state index in [0.717, 1.165) is 27.7 Å². The molecule has 1 unspecified atom stereocenters. The Labute approximate surface area is 180 Å². The molecular formula is C22H25N3O4S. The second kappa shape index (κ2) is 9.51. The number of carbonyl (C=O) groups excluding carboxylic acids is 2. The van der Waals surface area contributed by atoms with Crippen LogP contribution in [0.3, 0.4) is 0 Å². The minimum absolute atomic E-state index is 0.0182. The van der Waals surface area contributed by atoms with Crippen molar-refractivity contribution in [1.29, 1.82) is 0 Å². The van der Waals surface area contributed by atoms with E-state index in [-0.39, 0.29) is 11.9 Å². The molecule has 2 aromatic rings. The highest BCUT2D eigenvalue weighted by molar-refractivity contribution is 7.99. The Bertz CT molecular complexity index is 930. The van der Waals surface area contributed by atoms with Crippen molar-refractivity contribution in [3.8, 4) is 0 Å². The van der Waals surface area contributed by atoms with Gasteiger partial charge in [0.25, 0.3) is 0 Å². The first-order chi connectivity index (χ1) is 14.7. The van der Waals surface area contributed by atoms with Crippen LogP contribution in [0.1, 0.15) is 19.8 Å². The number of ether oxygens (including phenoxy) is 2. The van der Waals surface area contributed by atoms with Gasteiger partial charge >= 0.3 is 6.09 Å². The minimum atomic E-state index is -0.512. The van der Waals surface area contributed by atoms with E-state index >= 15 is 0 Å². The lowest BCUT2D eigenvalue weighted by atomic mass is 10.1. The van der Waals surface area contributed by atoms with Gasteiger partial charge in [0.1, 0.15) is 0 Å². The Hall–Kier alpha value is -2.55. The van der Waals surface area contributed by atoms with Gasteiger partial charge in [-0.05, 0) is 43.7 Å². The van der Waals surface area contributed by atoms with Crippen LogP contribution in [0.4, 0.5) is 21.9 Å². The number of para-hydroxylation sites is 1. The zero-order chi connectivity index (χ0) is 20.9. The second-order valence-corrected chi connectivity index (χ2v) is 8.18. The Morgan fingerprint density at radius 2 is 2.07 bits per heavy atom. The van der Waals surface area contributed by atoms with E-state index < -0.39 is 6.09 Å². The third-order valence-corrected chi connectivity index (χ3v) is 6.13. The standard InChI is InChI=1S/C22H25N3O4S/c1-2-29-22(27)24-15-7-9-20-18(13-15)25(17-5-3-4-6-19(17)30-20)21(26)10-8-16-14-28-12-11-23-16/h3-7,9,13,16,23H,2,8,10-12,14H2,1H3,(H,24,27). The van der Waals surface area contributed by atoms with Crippen LogP contribution >= 0.6 is 11.8 Å². The maximum Gasteiger partial charge on any atom is 0.411 e. The van der Waals surface area contributed by atoms with Gasteiger partial charge in [-0.25, -0.2) is 4.79 Å². The Kier molecular flexibility index (Phi) is 6.56. The molecule has 2 aliphatic heterocycles. The average Bonchev–Trinajstić information content (AvgIpc) is 2.77. The molecular weight excluding hydrogens is 402 g/mol. The highest BCUT2D eigenvalue weighted by atomic mass is 32.2. The van der Waals surface area contributed by atoms with Crippen LogP contribution in [0, 0.1) is 0 Å². The summed E-state index contributed by atoms with van der Waals surface area (Å²) in [4.78, 5) is 28.9. The summed E-state index contributed by atoms with van der Waals surface area (Å²) in [6, 6.07) is 13.6. The van der Waals surface area contributed by atoms with Crippen molar-refractivity contribution in [3.05, 3.63) is 42.5 Å². The van der Waals surface area contributed by atoms with Crippen LogP contribution in [0.2, 0.25) is 0 Å². The summed E-state index contributed by atoms with van der Waals surface area (Å²) in [5, 5.41) is 6.12. The number of carbonyl (C=O) groups is 2. The van der Waals surface area contributed by atoms with Crippen molar-refractivity contribution >= 4 is 40.8 Å². The fraction of sp³-hybridized carbons (Fsp3) is 0.364. The number of hydrogen-bond donors (Lipinski definition) is 2. The average molecular weight is 428 g/mol. The molecule has 7 nitrogen and oxygen atoms in total.